The van der Waals surface area contributed by atoms with Crippen LogP contribution in [0.5, 0.6) is 5.88 Å². The van der Waals surface area contributed by atoms with Crippen LogP contribution in [0.3, 0.4) is 0 Å². The quantitative estimate of drug-likeness (QED) is 0.307. The van der Waals surface area contributed by atoms with Gasteiger partial charge in [0, 0.05) is 5.56 Å². The summed E-state index contributed by atoms with van der Waals surface area (Å²) in [5, 5.41) is 14.7. The predicted molar refractivity (Wildman–Crippen MR) is 140 cm³/mol. The summed E-state index contributed by atoms with van der Waals surface area (Å²) in [6, 6.07) is 18.2. The van der Waals surface area contributed by atoms with E-state index in [1.807, 2.05) is 60.7 Å². The van der Waals surface area contributed by atoms with Crippen LogP contribution in [0.2, 0.25) is 0 Å². The molecule has 2 aromatic carbocycles. The van der Waals surface area contributed by atoms with Crippen molar-refractivity contribution < 1.29 is 28.8 Å². The lowest BCUT2D eigenvalue weighted by molar-refractivity contribution is -0.339. The number of ether oxygens (including phenoxy) is 5. The molecule has 5 rings (SSSR count). The number of hydrogen-bond acceptors (Lipinski definition) is 11. The van der Waals surface area contributed by atoms with Crippen molar-refractivity contribution >= 4 is 17.5 Å². The highest BCUT2D eigenvalue weighted by molar-refractivity contribution is 5.70. The number of fused-ring (bicyclic) bond motifs is 1. The molecule has 0 aliphatic carbocycles. The summed E-state index contributed by atoms with van der Waals surface area (Å²) < 4.78 is 30.0. The van der Waals surface area contributed by atoms with Crippen LogP contribution in [-0.4, -0.2) is 58.9 Å². The zero-order chi connectivity index (χ0) is 26.5. The molecule has 6 unspecified atom stereocenters. The van der Waals surface area contributed by atoms with Gasteiger partial charge in [0.2, 0.25) is 11.8 Å². The van der Waals surface area contributed by atoms with Crippen LogP contribution in [0.4, 0.5) is 17.5 Å². The second-order valence-electron chi connectivity index (χ2n) is 8.92. The molecule has 3 aromatic rings. The van der Waals surface area contributed by atoms with Crippen LogP contribution in [0.15, 0.2) is 73.3 Å². The minimum absolute atomic E-state index is 0.0467. The van der Waals surface area contributed by atoms with E-state index in [1.165, 1.54) is 0 Å². The zero-order valence-corrected chi connectivity index (χ0v) is 20.7. The molecular formula is C27H31N5O6. The Bertz CT molecular complexity index is 1220. The third kappa shape index (κ3) is 5.72. The van der Waals surface area contributed by atoms with Crippen LogP contribution >= 0.6 is 0 Å². The van der Waals surface area contributed by atoms with Crippen molar-refractivity contribution in [3.63, 3.8) is 0 Å². The highest BCUT2D eigenvalue weighted by Crippen LogP contribution is 2.37. The number of benzene rings is 2. The number of nitrogens with two attached hydrogens (primary N) is 2. The first-order chi connectivity index (χ1) is 18.5. The van der Waals surface area contributed by atoms with Gasteiger partial charge in [0.05, 0.1) is 13.2 Å². The number of aromatic nitrogens is 2. The maximum atomic E-state index is 11.5. The van der Waals surface area contributed by atoms with Gasteiger partial charge in [0.1, 0.15) is 36.6 Å². The van der Waals surface area contributed by atoms with Gasteiger partial charge < -0.3 is 45.6 Å². The van der Waals surface area contributed by atoms with Crippen LogP contribution < -0.4 is 21.5 Å². The molecule has 11 nitrogen and oxygen atoms in total. The summed E-state index contributed by atoms with van der Waals surface area (Å²) in [5.74, 6) is 0.132. The van der Waals surface area contributed by atoms with Crippen molar-refractivity contribution in [3.05, 3.63) is 84.4 Å². The maximum absolute atomic E-state index is 11.5. The third-order valence-corrected chi connectivity index (χ3v) is 6.27. The zero-order valence-electron chi connectivity index (χ0n) is 20.7. The Morgan fingerprint density at radius 1 is 1.05 bits per heavy atom. The highest BCUT2D eigenvalue weighted by atomic mass is 16.7. The molecule has 0 radical (unpaired) electrons. The molecule has 0 amide bonds. The Kier molecular flexibility index (Phi) is 8.01. The molecule has 2 aliphatic heterocycles. The average molecular weight is 522 g/mol. The van der Waals surface area contributed by atoms with Gasteiger partial charge in [-0.15, -0.1) is 6.58 Å². The van der Waals surface area contributed by atoms with E-state index in [0.717, 1.165) is 11.1 Å². The van der Waals surface area contributed by atoms with Crippen LogP contribution in [0.25, 0.3) is 0 Å². The highest BCUT2D eigenvalue weighted by Gasteiger charge is 2.50. The number of nitrogen functional groups attached to an aromatic ring is 2. The summed E-state index contributed by atoms with van der Waals surface area (Å²) in [6.07, 6.45) is -2.34. The van der Waals surface area contributed by atoms with Crippen molar-refractivity contribution in [1.29, 1.82) is 0 Å². The lowest BCUT2D eigenvalue weighted by Gasteiger charge is -2.48. The average Bonchev–Trinajstić information content (AvgIpc) is 2.94. The summed E-state index contributed by atoms with van der Waals surface area (Å²) >= 11 is 0. The minimum atomic E-state index is -1.09. The Morgan fingerprint density at radius 2 is 1.79 bits per heavy atom. The Morgan fingerprint density at radius 3 is 2.53 bits per heavy atom. The first-order valence-corrected chi connectivity index (χ1v) is 12.3. The van der Waals surface area contributed by atoms with Crippen LogP contribution in [0, 0.1) is 0 Å². The van der Waals surface area contributed by atoms with Crippen molar-refractivity contribution in [1.82, 2.24) is 9.97 Å². The maximum Gasteiger partial charge on any atom is 0.244 e. The lowest BCUT2D eigenvalue weighted by Crippen LogP contribution is -2.64. The van der Waals surface area contributed by atoms with Crippen molar-refractivity contribution in [2.75, 3.05) is 30.0 Å². The molecule has 200 valence electrons. The fourth-order valence-corrected chi connectivity index (χ4v) is 4.44. The molecule has 11 heteroatoms. The summed E-state index contributed by atoms with van der Waals surface area (Å²) in [5.41, 5.74) is 14.1. The van der Waals surface area contributed by atoms with Gasteiger partial charge in [0.15, 0.2) is 18.4 Å². The summed E-state index contributed by atoms with van der Waals surface area (Å²) in [7, 11) is 0. The number of hydrogen-bond donors (Lipinski definition) is 4. The molecule has 6 atom stereocenters. The minimum Gasteiger partial charge on any atom is -0.471 e. The first kappa shape index (κ1) is 25.9. The van der Waals surface area contributed by atoms with Crippen molar-refractivity contribution in [3.8, 4) is 5.88 Å². The predicted octanol–water partition coefficient (Wildman–Crippen LogP) is 2.40. The van der Waals surface area contributed by atoms with E-state index in [9.17, 15) is 5.11 Å². The van der Waals surface area contributed by atoms with Crippen LogP contribution in [0.1, 0.15) is 17.4 Å². The number of nitrogens with one attached hydrogen (secondary N) is 1. The molecular weight excluding hydrogens is 490 g/mol. The van der Waals surface area contributed by atoms with Crippen molar-refractivity contribution in [2.45, 2.75) is 43.5 Å². The molecule has 1 aromatic heterocycles. The number of anilines is 3. The topological polar surface area (TPSA) is 156 Å². The Labute approximate surface area is 220 Å². The number of aliphatic hydroxyl groups excluding tert-OH is 1. The van der Waals surface area contributed by atoms with E-state index in [0.29, 0.717) is 0 Å². The second-order valence-corrected chi connectivity index (χ2v) is 8.92. The number of nitrogens with zero attached hydrogens (tertiary/aromatic N) is 2. The molecule has 0 bridgehead atoms. The van der Waals surface area contributed by atoms with E-state index < -0.39 is 36.9 Å². The van der Waals surface area contributed by atoms with Gasteiger partial charge in [0.25, 0.3) is 0 Å². The largest absolute Gasteiger partial charge is 0.471 e. The monoisotopic (exact) mass is 521 g/mol. The number of aliphatic hydroxyl groups is 1. The van der Waals surface area contributed by atoms with Gasteiger partial charge in [-0.2, -0.15) is 9.97 Å². The first-order valence-electron chi connectivity index (χ1n) is 12.3. The fourth-order valence-electron chi connectivity index (χ4n) is 4.44. The second kappa shape index (κ2) is 11.8. The molecule has 2 saturated heterocycles. The molecule has 0 spiro atoms. The third-order valence-electron chi connectivity index (χ3n) is 6.27. The standard InChI is InChI=1S/C27H31N5O6/c1-2-13-34-26-19(21(33)22-18(37-26)15-36-25(38-22)17-11-7-4-8-12-17)30-20-23(28)31-27(29)32-24(20)35-14-16-9-5-3-6-10-16/h2-12,18-19,21-22,25-26,30,33H,1,13-15H2,(H4,28,29,31,32). The molecule has 2 aliphatic rings. The van der Waals surface area contributed by atoms with Gasteiger partial charge in [-0.25, -0.2) is 0 Å². The number of rotatable bonds is 9. The van der Waals surface area contributed by atoms with E-state index in [2.05, 4.69) is 21.9 Å². The van der Waals surface area contributed by atoms with Crippen LogP contribution in [-0.2, 0) is 25.6 Å². The smallest absolute Gasteiger partial charge is 0.244 e. The van der Waals surface area contributed by atoms with Crippen molar-refractivity contribution in [2.24, 2.45) is 0 Å². The van der Waals surface area contributed by atoms with E-state index in [1.54, 1.807) is 6.08 Å². The molecule has 2 fully saturated rings. The van der Waals surface area contributed by atoms with Gasteiger partial charge in [-0.1, -0.05) is 66.7 Å². The molecule has 38 heavy (non-hydrogen) atoms. The normalized spacial score (nSPS) is 26.8. The van der Waals surface area contributed by atoms with Gasteiger partial charge in [-0.05, 0) is 5.56 Å². The van der Waals surface area contributed by atoms with E-state index in [4.69, 9.17) is 35.2 Å². The van der Waals surface area contributed by atoms with E-state index in [-0.39, 0.29) is 43.2 Å². The molecule has 0 saturated carbocycles. The molecule has 6 N–H and O–H groups in total. The van der Waals surface area contributed by atoms with Gasteiger partial charge in [-0.3, -0.25) is 0 Å². The Balaban J connectivity index is 1.40. The summed E-state index contributed by atoms with van der Waals surface area (Å²) in [6.45, 7) is 4.32. The lowest BCUT2D eigenvalue weighted by atomic mass is 9.95. The Hall–Kier alpha value is -3.74. The van der Waals surface area contributed by atoms with Gasteiger partial charge >= 0.3 is 0 Å². The van der Waals surface area contributed by atoms with E-state index >= 15 is 0 Å². The SMILES string of the molecule is C=CCOC1OC2COC(c3ccccc3)OC2C(O)C1Nc1c(N)nc(N)nc1OCc1ccccc1. The fraction of sp³-hybridized carbons (Fsp3) is 0.333. The molecule has 3 heterocycles. The summed E-state index contributed by atoms with van der Waals surface area (Å²) in [4.78, 5) is 8.30.